The van der Waals surface area contributed by atoms with Crippen molar-refractivity contribution in [1.29, 1.82) is 0 Å². The van der Waals surface area contributed by atoms with Crippen molar-refractivity contribution in [3.63, 3.8) is 0 Å². The molecule has 94 valence electrons. The van der Waals surface area contributed by atoms with Gasteiger partial charge in [0.25, 0.3) is 0 Å². The molecule has 2 rings (SSSR count). The molecule has 2 N–H and O–H groups in total. The van der Waals surface area contributed by atoms with E-state index >= 15 is 0 Å². The molecule has 3 atom stereocenters. The van der Waals surface area contributed by atoms with E-state index in [1.54, 1.807) is 0 Å². The minimum atomic E-state index is 0.296. The number of ether oxygens (including phenoxy) is 1. The summed E-state index contributed by atoms with van der Waals surface area (Å²) < 4.78 is 6.09. The third-order valence-corrected chi connectivity index (χ3v) is 4.55. The molecule has 0 saturated heterocycles. The lowest BCUT2D eigenvalue weighted by Crippen LogP contribution is -2.42. The van der Waals surface area contributed by atoms with E-state index in [1.807, 2.05) is 0 Å². The zero-order valence-corrected chi connectivity index (χ0v) is 10.7. The zero-order chi connectivity index (χ0) is 11.4. The topological polar surface area (TPSA) is 35.2 Å². The molecule has 0 aliphatic heterocycles. The second-order valence-corrected chi connectivity index (χ2v) is 5.77. The van der Waals surface area contributed by atoms with Crippen molar-refractivity contribution in [3.05, 3.63) is 0 Å². The van der Waals surface area contributed by atoms with Gasteiger partial charge in [-0.2, -0.15) is 0 Å². The van der Waals surface area contributed by atoms with Gasteiger partial charge in [-0.1, -0.05) is 26.2 Å². The molecule has 0 radical (unpaired) electrons. The Morgan fingerprint density at radius 3 is 2.50 bits per heavy atom. The molecule has 2 heteroatoms. The van der Waals surface area contributed by atoms with Crippen LogP contribution in [0.15, 0.2) is 0 Å². The van der Waals surface area contributed by atoms with Gasteiger partial charge in [0.05, 0.1) is 6.10 Å². The van der Waals surface area contributed by atoms with Crippen molar-refractivity contribution < 1.29 is 4.74 Å². The number of hydrogen-bond donors (Lipinski definition) is 1. The molecule has 2 saturated carbocycles. The highest BCUT2D eigenvalue weighted by molar-refractivity contribution is 4.83. The van der Waals surface area contributed by atoms with E-state index in [0.29, 0.717) is 12.1 Å². The average Bonchev–Trinajstić information content (AvgIpc) is 2.81. The molecule has 0 amide bonds. The van der Waals surface area contributed by atoms with Gasteiger partial charge in [-0.25, -0.2) is 0 Å². The first-order valence-electron chi connectivity index (χ1n) is 7.16. The van der Waals surface area contributed by atoms with Crippen LogP contribution in [-0.2, 0) is 4.74 Å². The smallest absolute Gasteiger partial charge is 0.0728 e. The SMILES string of the molecule is CCC1CCC(N)C(OCC2CCCC2)C1. The second-order valence-electron chi connectivity index (χ2n) is 5.77. The largest absolute Gasteiger partial charge is 0.376 e. The maximum Gasteiger partial charge on any atom is 0.0728 e. The standard InChI is InChI=1S/C14H27NO/c1-2-11-7-8-13(15)14(9-11)16-10-12-5-3-4-6-12/h11-14H,2-10,15H2,1H3. The monoisotopic (exact) mass is 225 g/mol. The third kappa shape index (κ3) is 3.21. The van der Waals surface area contributed by atoms with Gasteiger partial charge < -0.3 is 10.5 Å². The fraction of sp³-hybridized carbons (Fsp3) is 1.00. The van der Waals surface area contributed by atoms with E-state index in [2.05, 4.69) is 6.92 Å². The van der Waals surface area contributed by atoms with Crippen LogP contribution in [0, 0.1) is 11.8 Å². The lowest BCUT2D eigenvalue weighted by atomic mass is 9.83. The Labute approximate surface area is 99.9 Å². The maximum atomic E-state index is 6.16. The zero-order valence-electron chi connectivity index (χ0n) is 10.7. The molecule has 0 bridgehead atoms. The van der Waals surface area contributed by atoms with Gasteiger partial charge in [0.1, 0.15) is 0 Å². The highest BCUT2D eigenvalue weighted by Crippen LogP contribution is 2.30. The fourth-order valence-electron chi connectivity index (χ4n) is 3.23. The Balaban J connectivity index is 1.73. The molecule has 0 heterocycles. The molecule has 2 aliphatic rings. The summed E-state index contributed by atoms with van der Waals surface area (Å²) >= 11 is 0. The van der Waals surface area contributed by atoms with Gasteiger partial charge in [0.15, 0.2) is 0 Å². The van der Waals surface area contributed by atoms with Crippen molar-refractivity contribution in [3.8, 4) is 0 Å². The van der Waals surface area contributed by atoms with Crippen LogP contribution in [0.1, 0.15) is 58.3 Å². The van der Waals surface area contributed by atoms with Crippen LogP contribution in [0.25, 0.3) is 0 Å². The fourth-order valence-corrected chi connectivity index (χ4v) is 3.23. The van der Waals surface area contributed by atoms with E-state index in [4.69, 9.17) is 10.5 Å². The van der Waals surface area contributed by atoms with Crippen LogP contribution in [0.5, 0.6) is 0 Å². The highest BCUT2D eigenvalue weighted by atomic mass is 16.5. The third-order valence-electron chi connectivity index (χ3n) is 4.55. The molecule has 0 spiro atoms. The first kappa shape index (κ1) is 12.4. The normalized spacial score (nSPS) is 36.8. The summed E-state index contributed by atoms with van der Waals surface area (Å²) in [5, 5.41) is 0. The quantitative estimate of drug-likeness (QED) is 0.798. The average molecular weight is 225 g/mol. The highest BCUT2D eigenvalue weighted by Gasteiger charge is 2.28. The summed E-state index contributed by atoms with van der Waals surface area (Å²) in [7, 11) is 0. The van der Waals surface area contributed by atoms with Crippen LogP contribution in [-0.4, -0.2) is 18.8 Å². The predicted octanol–water partition coefficient (Wildman–Crippen LogP) is 3.10. The lowest BCUT2D eigenvalue weighted by molar-refractivity contribution is -0.0165. The van der Waals surface area contributed by atoms with Crippen LogP contribution in [0.2, 0.25) is 0 Å². The second kappa shape index (κ2) is 6.02. The van der Waals surface area contributed by atoms with Crippen molar-refractivity contribution in [1.82, 2.24) is 0 Å². The van der Waals surface area contributed by atoms with Crippen molar-refractivity contribution in [2.75, 3.05) is 6.61 Å². The Morgan fingerprint density at radius 2 is 1.81 bits per heavy atom. The van der Waals surface area contributed by atoms with Gasteiger partial charge >= 0.3 is 0 Å². The van der Waals surface area contributed by atoms with Gasteiger partial charge in [-0.15, -0.1) is 0 Å². The summed E-state index contributed by atoms with van der Waals surface area (Å²) in [5.41, 5.74) is 6.16. The number of rotatable bonds is 4. The summed E-state index contributed by atoms with van der Waals surface area (Å²) in [6, 6.07) is 0.296. The Bertz CT molecular complexity index is 201. The Hall–Kier alpha value is -0.0800. The van der Waals surface area contributed by atoms with Crippen molar-refractivity contribution in [2.24, 2.45) is 17.6 Å². The lowest BCUT2D eigenvalue weighted by Gasteiger charge is -2.34. The van der Waals surface area contributed by atoms with E-state index in [0.717, 1.165) is 24.9 Å². The van der Waals surface area contributed by atoms with E-state index in [-0.39, 0.29) is 0 Å². The van der Waals surface area contributed by atoms with Gasteiger partial charge in [-0.3, -0.25) is 0 Å². The number of hydrogen-bond acceptors (Lipinski definition) is 2. The Morgan fingerprint density at radius 1 is 1.06 bits per heavy atom. The molecule has 0 aromatic carbocycles. The van der Waals surface area contributed by atoms with Crippen LogP contribution in [0.3, 0.4) is 0 Å². The molecular formula is C14H27NO. The molecule has 2 fully saturated rings. The Kier molecular flexibility index (Phi) is 4.66. The van der Waals surface area contributed by atoms with Crippen molar-refractivity contribution in [2.45, 2.75) is 70.4 Å². The molecular weight excluding hydrogens is 198 g/mol. The minimum Gasteiger partial charge on any atom is -0.376 e. The predicted molar refractivity (Wildman–Crippen MR) is 67.3 cm³/mol. The summed E-state index contributed by atoms with van der Waals surface area (Å²) in [6.07, 6.45) is 10.9. The first-order valence-corrected chi connectivity index (χ1v) is 7.16. The molecule has 0 aromatic heterocycles. The van der Waals surface area contributed by atoms with E-state index in [9.17, 15) is 0 Å². The molecule has 16 heavy (non-hydrogen) atoms. The van der Waals surface area contributed by atoms with Gasteiger partial charge in [-0.05, 0) is 43.9 Å². The molecule has 2 nitrogen and oxygen atoms in total. The first-order chi connectivity index (χ1) is 7.79. The molecule has 0 aromatic rings. The van der Waals surface area contributed by atoms with Crippen molar-refractivity contribution >= 4 is 0 Å². The summed E-state index contributed by atoms with van der Waals surface area (Å²) in [5.74, 6) is 1.68. The molecule has 3 unspecified atom stereocenters. The van der Waals surface area contributed by atoms with Gasteiger partial charge in [0, 0.05) is 12.6 Å². The molecule has 2 aliphatic carbocycles. The number of nitrogens with two attached hydrogens (primary N) is 1. The summed E-state index contributed by atoms with van der Waals surface area (Å²) in [6.45, 7) is 3.25. The summed E-state index contributed by atoms with van der Waals surface area (Å²) in [4.78, 5) is 0. The van der Waals surface area contributed by atoms with E-state index in [1.165, 1.54) is 44.9 Å². The van der Waals surface area contributed by atoms with Crippen LogP contribution < -0.4 is 5.73 Å². The van der Waals surface area contributed by atoms with E-state index < -0.39 is 0 Å². The van der Waals surface area contributed by atoms with Gasteiger partial charge in [0.2, 0.25) is 0 Å². The van der Waals surface area contributed by atoms with Crippen LogP contribution >= 0.6 is 0 Å². The maximum absolute atomic E-state index is 6.16. The van der Waals surface area contributed by atoms with Crippen LogP contribution in [0.4, 0.5) is 0 Å². The minimum absolute atomic E-state index is 0.296.